The van der Waals surface area contributed by atoms with E-state index in [9.17, 15) is 14.7 Å². The minimum atomic E-state index is -0.954. The lowest BCUT2D eigenvalue weighted by Crippen LogP contribution is -2.50. The smallest absolute Gasteiger partial charge is 0.326 e. The third kappa shape index (κ3) is 2.34. The van der Waals surface area contributed by atoms with E-state index in [4.69, 9.17) is 0 Å². The van der Waals surface area contributed by atoms with Crippen molar-refractivity contribution in [3.63, 3.8) is 0 Å². The monoisotopic (exact) mass is 252 g/mol. The fourth-order valence-corrected chi connectivity index (χ4v) is 2.34. The highest BCUT2D eigenvalue weighted by Crippen LogP contribution is 2.26. The Balaban J connectivity index is 2.16. The average molecular weight is 252 g/mol. The molecule has 2 rings (SSSR count). The number of carboxylic acid groups (broad SMARTS) is 1. The Morgan fingerprint density at radius 2 is 2.39 bits per heavy atom. The van der Waals surface area contributed by atoms with Crippen LogP contribution in [0.5, 0.6) is 0 Å². The van der Waals surface area contributed by atoms with E-state index in [-0.39, 0.29) is 11.6 Å². The number of aromatic amines is 1. The maximum Gasteiger partial charge on any atom is 0.326 e. The summed E-state index contributed by atoms with van der Waals surface area (Å²) in [7, 11) is 0. The van der Waals surface area contributed by atoms with E-state index >= 15 is 0 Å². The number of nitrogens with one attached hydrogen (secondary N) is 1. The Labute approximate surface area is 104 Å². The zero-order valence-electron chi connectivity index (χ0n) is 10.2. The molecule has 1 saturated heterocycles. The van der Waals surface area contributed by atoms with Crippen LogP contribution in [-0.2, 0) is 4.79 Å². The van der Waals surface area contributed by atoms with Crippen molar-refractivity contribution < 1.29 is 14.7 Å². The molecule has 18 heavy (non-hydrogen) atoms. The summed E-state index contributed by atoms with van der Waals surface area (Å²) >= 11 is 0. The first-order chi connectivity index (χ1) is 8.63. The Bertz CT molecular complexity index is 432. The number of carbonyl (C=O) groups is 2. The molecule has 0 saturated carbocycles. The molecule has 1 amide bonds. The fraction of sp³-hybridized carbons (Fsp3) is 0.636. The first-order valence-electron chi connectivity index (χ1n) is 6.03. The molecule has 1 aliphatic rings. The summed E-state index contributed by atoms with van der Waals surface area (Å²) in [5.41, 5.74) is 0.163. The van der Waals surface area contributed by atoms with E-state index in [0.717, 1.165) is 12.8 Å². The van der Waals surface area contributed by atoms with Crippen LogP contribution >= 0.6 is 0 Å². The molecule has 7 heteroatoms. The normalized spacial score (nSPS) is 23.9. The van der Waals surface area contributed by atoms with Gasteiger partial charge in [-0.05, 0) is 18.8 Å². The second kappa shape index (κ2) is 5.16. The zero-order chi connectivity index (χ0) is 13.1. The molecular formula is C11H16N4O3. The number of hydrogen-bond acceptors (Lipinski definition) is 4. The Morgan fingerprint density at radius 3 is 2.94 bits per heavy atom. The third-order valence-electron chi connectivity index (χ3n) is 3.47. The second-order valence-electron chi connectivity index (χ2n) is 4.51. The largest absolute Gasteiger partial charge is 0.480 e. The van der Waals surface area contributed by atoms with Crippen LogP contribution in [0.25, 0.3) is 0 Å². The van der Waals surface area contributed by atoms with Crippen LogP contribution in [0, 0.1) is 5.92 Å². The molecule has 7 nitrogen and oxygen atoms in total. The zero-order valence-corrected chi connectivity index (χ0v) is 10.2. The first kappa shape index (κ1) is 12.5. The summed E-state index contributed by atoms with van der Waals surface area (Å²) in [6.45, 7) is 2.50. The highest BCUT2D eigenvalue weighted by atomic mass is 16.4. The number of hydrogen-bond donors (Lipinski definition) is 2. The van der Waals surface area contributed by atoms with Gasteiger partial charge in [0.25, 0.3) is 5.91 Å². The molecular weight excluding hydrogens is 236 g/mol. The summed E-state index contributed by atoms with van der Waals surface area (Å²) in [4.78, 5) is 24.8. The van der Waals surface area contributed by atoms with Crippen molar-refractivity contribution in [2.24, 2.45) is 5.92 Å². The van der Waals surface area contributed by atoms with Crippen LogP contribution in [0.4, 0.5) is 0 Å². The maximum absolute atomic E-state index is 12.1. The highest BCUT2D eigenvalue weighted by molar-refractivity contribution is 5.94. The van der Waals surface area contributed by atoms with Crippen molar-refractivity contribution in [3.8, 4) is 0 Å². The van der Waals surface area contributed by atoms with Gasteiger partial charge in [0.05, 0.1) is 6.20 Å². The van der Waals surface area contributed by atoms with Gasteiger partial charge < -0.3 is 10.0 Å². The quantitative estimate of drug-likeness (QED) is 0.817. The highest BCUT2D eigenvalue weighted by Gasteiger charge is 2.36. The first-order valence-corrected chi connectivity index (χ1v) is 6.03. The number of carboxylic acids is 1. The molecule has 1 aliphatic heterocycles. The molecule has 0 aromatic carbocycles. The molecule has 2 N–H and O–H groups in total. The molecule has 1 aromatic heterocycles. The van der Waals surface area contributed by atoms with Gasteiger partial charge in [0, 0.05) is 6.54 Å². The van der Waals surface area contributed by atoms with Crippen molar-refractivity contribution in [3.05, 3.63) is 11.9 Å². The van der Waals surface area contributed by atoms with Crippen LogP contribution in [0.2, 0.25) is 0 Å². The van der Waals surface area contributed by atoms with Gasteiger partial charge in [0.15, 0.2) is 5.69 Å². The predicted octanol–water partition coefficient (Wildman–Crippen LogP) is 0.520. The van der Waals surface area contributed by atoms with Crippen molar-refractivity contribution >= 4 is 11.9 Å². The molecule has 0 radical (unpaired) electrons. The lowest BCUT2D eigenvalue weighted by molar-refractivity contribution is -0.144. The van der Waals surface area contributed by atoms with Crippen molar-refractivity contribution in [2.75, 3.05) is 6.54 Å². The van der Waals surface area contributed by atoms with Crippen LogP contribution in [0.3, 0.4) is 0 Å². The van der Waals surface area contributed by atoms with Gasteiger partial charge in [-0.1, -0.05) is 13.3 Å². The second-order valence-corrected chi connectivity index (χ2v) is 4.51. The number of aromatic nitrogens is 3. The predicted molar refractivity (Wildman–Crippen MR) is 61.9 cm³/mol. The molecule has 2 unspecified atom stereocenters. The van der Waals surface area contributed by atoms with E-state index in [2.05, 4.69) is 15.4 Å². The Hall–Kier alpha value is -1.92. The van der Waals surface area contributed by atoms with Gasteiger partial charge in [0.2, 0.25) is 0 Å². The van der Waals surface area contributed by atoms with Crippen molar-refractivity contribution in [1.29, 1.82) is 0 Å². The van der Waals surface area contributed by atoms with E-state index < -0.39 is 12.0 Å². The van der Waals surface area contributed by atoms with Crippen LogP contribution in [0.1, 0.15) is 36.7 Å². The summed E-state index contributed by atoms with van der Waals surface area (Å²) in [5, 5.41) is 18.9. The van der Waals surface area contributed by atoms with Crippen LogP contribution in [0.15, 0.2) is 6.20 Å². The van der Waals surface area contributed by atoms with Gasteiger partial charge >= 0.3 is 5.97 Å². The van der Waals surface area contributed by atoms with E-state index in [1.807, 2.05) is 6.92 Å². The van der Waals surface area contributed by atoms with Crippen molar-refractivity contribution in [1.82, 2.24) is 20.3 Å². The molecule has 0 spiro atoms. The molecule has 0 aliphatic carbocycles. The maximum atomic E-state index is 12.1. The molecule has 0 bridgehead atoms. The molecule has 1 aromatic rings. The fourth-order valence-electron chi connectivity index (χ4n) is 2.34. The van der Waals surface area contributed by atoms with Gasteiger partial charge in [-0.25, -0.2) is 4.79 Å². The lowest BCUT2D eigenvalue weighted by Gasteiger charge is -2.36. The number of aliphatic carboxylic acids is 1. The summed E-state index contributed by atoms with van der Waals surface area (Å²) < 4.78 is 0. The van der Waals surface area contributed by atoms with Gasteiger partial charge in [-0.3, -0.25) is 4.79 Å². The lowest BCUT2D eigenvalue weighted by atomic mass is 9.88. The summed E-state index contributed by atoms with van der Waals surface area (Å²) in [5.74, 6) is -0.955. The number of nitrogens with zero attached hydrogens (tertiary/aromatic N) is 3. The van der Waals surface area contributed by atoms with E-state index in [1.54, 1.807) is 0 Å². The number of amides is 1. The van der Waals surface area contributed by atoms with E-state index in [1.165, 1.54) is 11.1 Å². The molecule has 2 atom stereocenters. The Kier molecular flexibility index (Phi) is 3.59. The number of rotatable bonds is 3. The van der Waals surface area contributed by atoms with Gasteiger partial charge in [-0.15, -0.1) is 0 Å². The van der Waals surface area contributed by atoms with Gasteiger partial charge in [-0.2, -0.15) is 15.4 Å². The van der Waals surface area contributed by atoms with Crippen molar-refractivity contribution in [2.45, 2.75) is 32.2 Å². The minimum Gasteiger partial charge on any atom is -0.480 e. The average Bonchev–Trinajstić information content (AvgIpc) is 2.91. The number of carbonyl (C=O) groups excluding carboxylic acids is 1. The standard InChI is InChI=1S/C11H16N4O3/c1-2-7-3-4-15(9(5-7)11(17)18)10(16)8-6-12-14-13-8/h6-7,9H,2-5H2,1H3,(H,17,18)(H,12,13,14). The summed E-state index contributed by atoms with van der Waals surface area (Å²) in [6.07, 6.45) is 3.60. The molecule has 2 heterocycles. The topological polar surface area (TPSA) is 99.2 Å². The Morgan fingerprint density at radius 1 is 1.61 bits per heavy atom. The van der Waals surface area contributed by atoms with Crippen LogP contribution < -0.4 is 0 Å². The SMILES string of the molecule is CCC1CCN(C(=O)c2cn[nH]n2)C(C(=O)O)C1. The summed E-state index contributed by atoms with van der Waals surface area (Å²) in [6, 6.07) is -0.757. The van der Waals surface area contributed by atoms with E-state index in [0.29, 0.717) is 18.9 Å². The number of likely N-dealkylation sites (tertiary alicyclic amines) is 1. The number of piperidine rings is 1. The number of H-pyrrole nitrogens is 1. The molecule has 98 valence electrons. The minimum absolute atomic E-state index is 0.163. The molecule has 1 fully saturated rings. The van der Waals surface area contributed by atoms with Gasteiger partial charge in [0.1, 0.15) is 6.04 Å². The van der Waals surface area contributed by atoms with Crippen LogP contribution in [-0.4, -0.2) is 49.9 Å². The third-order valence-corrected chi connectivity index (χ3v) is 3.47.